The van der Waals surface area contributed by atoms with Crippen LogP contribution in [-0.4, -0.2) is 31.7 Å². The summed E-state index contributed by atoms with van der Waals surface area (Å²) in [5.41, 5.74) is 4.72. The number of halogens is 1. The summed E-state index contributed by atoms with van der Waals surface area (Å²) in [6.07, 6.45) is 2.66. The number of benzene rings is 2. The van der Waals surface area contributed by atoms with Crippen molar-refractivity contribution in [3.63, 3.8) is 0 Å². The molecule has 2 aliphatic rings. The van der Waals surface area contributed by atoms with Crippen LogP contribution in [0.1, 0.15) is 34.7 Å². The molecular weight excluding hydrogens is 364 g/mol. The topological polar surface area (TPSA) is 50.8 Å². The van der Waals surface area contributed by atoms with E-state index in [1.165, 1.54) is 16.7 Å². The Labute approximate surface area is 164 Å². The summed E-state index contributed by atoms with van der Waals surface area (Å²) >= 11 is 6.08. The van der Waals surface area contributed by atoms with Gasteiger partial charge in [-0.1, -0.05) is 17.7 Å². The maximum Gasteiger partial charge on any atom is 0.318 e. The number of hydrogen-bond acceptors (Lipinski definition) is 3. The van der Waals surface area contributed by atoms with Crippen LogP contribution in [0.25, 0.3) is 0 Å². The van der Waals surface area contributed by atoms with Crippen LogP contribution < -0.4 is 14.8 Å². The minimum Gasteiger partial charge on any atom is -0.493 e. The molecule has 2 aromatic carbocycles. The summed E-state index contributed by atoms with van der Waals surface area (Å²) < 4.78 is 10.8. The molecule has 27 heavy (non-hydrogen) atoms. The van der Waals surface area contributed by atoms with Crippen molar-refractivity contribution in [2.45, 2.75) is 31.8 Å². The summed E-state index contributed by atoms with van der Waals surface area (Å²) in [4.78, 5) is 14.7. The molecule has 142 valence electrons. The highest BCUT2D eigenvalue weighted by Gasteiger charge is 2.28. The zero-order valence-corrected chi connectivity index (χ0v) is 16.3. The molecule has 0 saturated heterocycles. The zero-order chi connectivity index (χ0) is 19.0. The monoisotopic (exact) mass is 386 g/mol. The lowest BCUT2D eigenvalue weighted by molar-refractivity contribution is 0.188. The van der Waals surface area contributed by atoms with Gasteiger partial charge in [-0.05, 0) is 65.8 Å². The summed E-state index contributed by atoms with van der Waals surface area (Å²) in [6, 6.07) is 9.93. The van der Waals surface area contributed by atoms with Crippen LogP contribution in [-0.2, 0) is 19.4 Å². The Morgan fingerprint density at radius 3 is 2.56 bits per heavy atom. The molecular formula is C21H23ClN2O3. The number of aryl methyl sites for hydroxylation is 1. The Bertz CT molecular complexity index is 884. The third-order valence-electron chi connectivity index (χ3n) is 5.49. The summed E-state index contributed by atoms with van der Waals surface area (Å²) in [6.45, 7) is 1.26. The first-order chi connectivity index (χ1) is 13.1. The van der Waals surface area contributed by atoms with Crippen LogP contribution in [0.2, 0.25) is 5.02 Å². The number of fused-ring (bicyclic) bond motifs is 2. The van der Waals surface area contributed by atoms with Gasteiger partial charge in [0.2, 0.25) is 0 Å². The van der Waals surface area contributed by atoms with Gasteiger partial charge < -0.3 is 19.7 Å². The van der Waals surface area contributed by atoms with Gasteiger partial charge in [0.1, 0.15) is 0 Å². The van der Waals surface area contributed by atoms with Gasteiger partial charge in [0.05, 0.1) is 20.3 Å². The van der Waals surface area contributed by atoms with Crippen molar-refractivity contribution in [3.8, 4) is 11.5 Å². The SMILES string of the molecule is COc1cc2c(cc1OC)CN(C(=O)NC1CCc3cc(Cl)ccc31)CC2. The number of nitrogens with one attached hydrogen (secondary N) is 1. The number of nitrogens with zero attached hydrogens (tertiary/aromatic N) is 1. The van der Waals surface area contributed by atoms with Crippen molar-refractivity contribution in [1.29, 1.82) is 0 Å². The molecule has 4 rings (SSSR count). The summed E-state index contributed by atoms with van der Waals surface area (Å²) in [5, 5.41) is 3.94. The predicted molar refractivity (Wildman–Crippen MR) is 105 cm³/mol. The van der Waals surface area contributed by atoms with E-state index >= 15 is 0 Å². The van der Waals surface area contributed by atoms with Crippen molar-refractivity contribution in [1.82, 2.24) is 10.2 Å². The lowest BCUT2D eigenvalue weighted by atomic mass is 9.99. The van der Waals surface area contributed by atoms with Crippen LogP contribution in [0.3, 0.4) is 0 Å². The van der Waals surface area contributed by atoms with Crippen molar-refractivity contribution in [3.05, 3.63) is 57.6 Å². The molecule has 2 aromatic rings. The van der Waals surface area contributed by atoms with Gasteiger partial charge in [-0.3, -0.25) is 0 Å². The van der Waals surface area contributed by atoms with Crippen LogP contribution >= 0.6 is 11.6 Å². The van der Waals surface area contributed by atoms with Gasteiger partial charge in [0.15, 0.2) is 11.5 Å². The fourth-order valence-electron chi connectivity index (χ4n) is 4.03. The molecule has 6 heteroatoms. The highest BCUT2D eigenvalue weighted by molar-refractivity contribution is 6.30. The number of rotatable bonds is 3. The minimum atomic E-state index is -0.0248. The van der Waals surface area contributed by atoms with Crippen molar-refractivity contribution >= 4 is 17.6 Å². The highest BCUT2D eigenvalue weighted by Crippen LogP contribution is 2.35. The number of ether oxygens (including phenoxy) is 2. The lowest BCUT2D eigenvalue weighted by Crippen LogP contribution is -2.43. The molecule has 0 bridgehead atoms. The molecule has 5 nitrogen and oxygen atoms in total. The van der Waals surface area contributed by atoms with Gasteiger partial charge in [-0.25, -0.2) is 4.79 Å². The Hall–Kier alpha value is -2.40. The molecule has 0 spiro atoms. The van der Waals surface area contributed by atoms with E-state index < -0.39 is 0 Å². The molecule has 1 aliphatic carbocycles. The summed E-state index contributed by atoms with van der Waals surface area (Å²) in [7, 11) is 3.26. The van der Waals surface area contributed by atoms with Crippen molar-refractivity contribution in [2.24, 2.45) is 0 Å². The smallest absolute Gasteiger partial charge is 0.318 e. The van der Waals surface area contributed by atoms with Gasteiger partial charge >= 0.3 is 6.03 Å². The van der Waals surface area contributed by atoms with Crippen molar-refractivity contribution in [2.75, 3.05) is 20.8 Å². The Morgan fingerprint density at radius 2 is 1.81 bits per heavy atom. The Morgan fingerprint density at radius 1 is 1.07 bits per heavy atom. The van der Waals surface area contributed by atoms with Gasteiger partial charge in [0, 0.05) is 18.1 Å². The molecule has 1 unspecified atom stereocenters. The first kappa shape index (κ1) is 18.0. The third-order valence-corrected chi connectivity index (χ3v) is 5.72. The fraction of sp³-hybridized carbons (Fsp3) is 0.381. The van der Waals surface area contributed by atoms with E-state index in [1.54, 1.807) is 14.2 Å². The fourth-order valence-corrected chi connectivity index (χ4v) is 4.23. The maximum absolute atomic E-state index is 12.9. The van der Waals surface area contributed by atoms with Gasteiger partial charge in [-0.15, -0.1) is 0 Å². The number of hydrogen-bond donors (Lipinski definition) is 1. The largest absolute Gasteiger partial charge is 0.493 e. The van der Waals surface area contributed by atoms with Crippen LogP contribution in [0, 0.1) is 0 Å². The highest BCUT2D eigenvalue weighted by atomic mass is 35.5. The first-order valence-electron chi connectivity index (χ1n) is 9.16. The molecule has 0 aromatic heterocycles. The zero-order valence-electron chi connectivity index (χ0n) is 15.5. The van der Waals surface area contributed by atoms with Crippen LogP contribution in [0.15, 0.2) is 30.3 Å². The van der Waals surface area contributed by atoms with Gasteiger partial charge in [0.25, 0.3) is 0 Å². The molecule has 1 aliphatic heterocycles. The van der Waals surface area contributed by atoms with E-state index in [9.17, 15) is 4.79 Å². The second kappa shape index (κ2) is 7.31. The minimum absolute atomic E-state index is 0.0248. The van der Waals surface area contributed by atoms with E-state index in [-0.39, 0.29) is 12.1 Å². The molecule has 1 N–H and O–H groups in total. The van der Waals surface area contributed by atoms with Crippen LogP contribution in [0.4, 0.5) is 4.79 Å². The van der Waals surface area contributed by atoms with Crippen LogP contribution in [0.5, 0.6) is 11.5 Å². The maximum atomic E-state index is 12.9. The predicted octanol–water partition coefficient (Wildman–Crippen LogP) is 4.11. The van der Waals surface area contributed by atoms with E-state index in [0.717, 1.165) is 35.6 Å². The van der Waals surface area contributed by atoms with Crippen molar-refractivity contribution < 1.29 is 14.3 Å². The van der Waals surface area contributed by atoms with E-state index in [4.69, 9.17) is 21.1 Å². The first-order valence-corrected chi connectivity index (χ1v) is 9.54. The number of methoxy groups -OCH3 is 2. The van der Waals surface area contributed by atoms with Gasteiger partial charge in [-0.2, -0.15) is 0 Å². The average Bonchev–Trinajstić information content (AvgIpc) is 3.07. The normalized spacial score (nSPS) is 17.9. The second-order valence-corrected chi connectivity index (χ2v) is 7.47. The Kier molecular flexibility index (Phi) is 4.87. The molecule has 0 fully saturated rings. The number of carbonyl (C=O) groups is 1. The molecule has 1 atom stereocenters. The standard InChI is InChI=1S/C21H23ClN2O3/c1-26-19-10-13-7-8-24(12-15(13)11-20(19)27-2)21(25)23-18-6-3-14-9-16(22)4-5-17(14)18/h4-5,9-11,18H,3,6-8,12H2,1-2H3,(H,23,25). The molecule has 1 heterocycles. The number of carbonyl (C=O) groups excluding carboxylic acids is 1. The van der Waals surface area contributed by atoms with E-state index in [0.29, 0.717) is 18.8 Å². The average molecular weight is 387 g/mol. The van der Waals surface area contributed by atoms with E-state index in [1.807, 2.05) is 35.2 Å². The summed E-state index contributed by atoms with van der Waals surface area (Å²) in [5.74, 6) is 1.43. The number of urea groups is 1. The molecule has 2 amide bonds. The number of amides is 2. The quantitative estimate of drug-likeness (QED) is 0.863. The second-order valence-electron chi connectivity index (χ2n) is 7.03. The molecule has 0 radical (unpaired) electrons. The third kappa shape index (κ3) is 3.44. The molecule has 0 saturated carbocycles. The van der Waals surface area contributed by atoms with E-state index in [2.05, 4.69) is 5.32 Å². The Balaban J connectivity index is 1.47. The lowest BCUT2D eigenvalue weighted by Gasteiger charge is -2.31.